The average Bonchev–Trinajstić information content (AvgIpc) is 3.49. The third-order valence-electron chi connectivity index (χ3n) is 4.38. The molecule has 3 rings (SSSR count). The third-order valence-corrected chi connectivity index (χ3v) is 6.93. The van der Waals surface area contributed by atoms with Gasteiger partial charge in [-0.1, -0.05) is 88.2 Å². The summed E-state index contributed by atoms with van der Waals surface area (Å²) in [4.78, 5) is 8.65. The lowest BCUT2D eigenvalue weighted by Gasteiger charge is -1.96. The summed E-state index contributed by atoms with van der Waals surface area (Å²) >= 11 is 3.25. The van der Waals surface area contributed by atoms with Crippen molar-refractivity contribution in [2.75, 3.05) is 0 Å². The molecule has 0 saturated heterocycles. The molecule has 0 aliphatic carbocycles. The van der Waals surface area contributed by atoms with E-state index in [1.807, 2.05) is 13.8 Å². The maximum atomic E-state index is 5.03. The molecule has 0 unspecified atom stereocenters. The Kier molecular flexibility index (Phi) is 12.3. The molecule has 0 bridgehead atoms. The minimum atomic E-state index is 0.329. The fraction of sp³-hybridized carbons (Fsp3) is 0.750. The summed E-state index contributed by atoms with van der Waals surface area (Å²) in [6, 6.07) is 0. The van der Waals surface area contributed by atoms with Gasteiger partial charge in [0, 0.05) is 35.5 Å². The first kappa shape index (κ1) is 29.3. The Hall–Kier alpha value is -1.74. The second kappa shape index (κ2) is 13.8. The van der Waals surface area contributed by atoms with Crippen LogP contribution in [0, 0.1) is 0 Å². The van der Waals surface area contributed by atoms with E-state index in [1.165, 1.54) is 11.5 Å². The second-order valence-electron chi connectivity index (χ2n) is 9.89. The van der Waals surface area contributed by atoms with Crippen molar-refractivity contribution in [1.29, 1.82) is 0 Å². The monoisotopic (exact) mass is 494 g/mol. The molecule has 3 aromatic heterocycles. The van der Waals surface area contributed by atoms with E-state index in [0.717, 1.165) is 32.6 Å². The van der Waals surface area contributed by atoms with Gasteiger partial charge in [-0.25, -0.2) is 4.98 Å². The van der Waals surface area contributed by atoms with Crippen LogP contribution in [0.4, 0.5) is 0 Å². The van der Waals surface area contributed by atoms with Crippen LogP contribution in [-0.2, 0) is 0 Å². The van der Waals surface area contributed by atoms with Gasteiger partial charge in [-0.05, 0) is 11.5 Å². The van der Waals surface area contributed by atoms with Crippen LogP contribution in [-0.4, -0.2) is 29.7 Å². The number of nitrogens with zero attached hydrogens (tertiary/aromatic N) is 6. The summed E-state index contributed by atoms with van der Waals surface area (Å²) in [6.45, 7) is 25.3. The van der Waals surface area contributed by atoms with Crippen molar-refractivity contribution in [2.45, 2.75) is 119 Å². The molecule has 33 heavy (non-hydrogen) atoms. The van der Waals surface area contributed by atoms with Crippen molar-refractivity contribution in [3.05, 3.63) is 32.6 Å². The first-order valence-corrected chi connectivity index (χ1v) is 13.4. The van der Waals surface area contributed by atoms with Crippen LogP contribution in [0.1, 0.15) is 151 Å². The minimum absolute atomic E-state index is 0.329. The predicted molar refractivity (Wildman–Crippen MR) is 139 cm³/mol. The topological polar surface area (TPSA) is 90.5 Å². The van der Waals surface area contributed by atoms with Gasteiger partial charge < -0.3 is 4.52 Å². The zero-order valence-electron chi connectivity index (χ0n) is 22.4. The molecular formula is C24H42N6OS2. The van der Waals surface area contributed by atoms with E-state index in [2.05, 4.69) is 98.9 Å². The van der Waals surface area contributed by atoms with Gasteiger partial charge in [0.1, 0.15) is 20.8 Å². The minimum Gasteiger partial charge on any atom is -0.339 e. The zero-order valence-corrected chi connectivity index (χ0v) is 24.0. The van der Waals surface area contributed by atoms with E-state index >= 15 is 0 Å². The summed E-state index contributed by atoms with van der Waals surface area (Å²) in [5.41, 5.74) is 0. The van der Waals surface area contributed by atoms with Crippen LogP contribution in [0.25, 0.3) is 0 Å². The largest absolute Gasteiger partial charge is 0.339 e. The lowest BCUT2D eigenvalue weighted by molar-refractivity contribution is 0.359. The maximum Gasteiger partial charge on any atom is 0.229 e. The Morgan fingerprint density at radius 2 is 1.03 bits per heavy atom. The molecule has 0 atom stereocenters. The van der Waals surface area contributed by atoms with E-state index in [4.69, 9.17) is 4.52 Å². The van der Waals surface area contributed by atoms with Gasteiger partial charge in [-0.2, -0.15) is 9.36 Å². The van der Waals surface area contributed by atoms with E-state index in [0.29, 0.717) is 35.5 Å². The second-order valence-corrected chi connectivity index (χ2v) is 11.7. The van der Waals surface area contributed by atoms with Gasteiger partial charge in [-0.3, -0.25) is 0 Å². The molecule has 7 nitrogen and oxygen atoms in total. The van der Waals surface area contributed by atoms with Gasteiger partial charge >= 0.3 is 0 Å². The fourth-order valence-electron chi connectivity index (χ4n) is 2.15. The molecule has 3 aromatic rings. The molecule has 3 heterocycles. The van der Waals surface area contributed by atoms with Gasteiger partial charge in [0.15, 0.2) is 5.82 Å². The highest BCUT2D eigenvalue weighted by Gasteiger charge is 2.12. The highest BCUT2D eigenvalue weighted by Crippen LogP contribution is 2.24. The summed E-state index contributed by atoms with van der Waals surface area (Å²) in [6.07, 6.45) is 0. The Morgan fingerprint density at radius 3 is 1.27 bits per heavy atom. The van der Waals surface area contributed by atoms with Crippen LogP contribution in [0.3, 0.4) is 0 Å². The first-order valence-electron chi connectivity index (χ1n) is 11.8. The first-order chi connectivity index (χ1) is 15.3. The van der Waals surface area contributed by atoms with E-state index < -0.39 is 0 Å². The molecule has 0 aliphatic rings. The maximum absolute atomic E-state index is 5.03. The van der Waals surface area contributed by atoms with Crippen LogP contribution >= 0.6 is 22.9 Å². The van der Waals surface area contributed by atoms with Crippen molar-refractivity contribution in [3.8, 4) is 0 Å². The number of rotatable bonds is 6. The Morgan fingerprint density at radius 1 is 0.545 bits per heavy atom. The van der Waals surface area contributed by atoms with Gasteiger partial charge in [0.25, 0.3) is 0 Å². The lowest BCUT2D eigenvalue weighted by Crippen LogP contribution is -1.91. The smallest absolute Gasteiger partial charge is 0.229 e. The lowest BCUT2D eigenvalue weighted by atomic mass is 10.2. The van der Waals surface area contributed by atoms with E-state index in [9.17, 15) is 0 Å². The van der Waals surface area contributed by atoms with Crippen LogP contribution in [0.5, 0.6) is 0 Å². The number of hydrogen-bond acceptors (Lipinski definition) is 9. The molecular weight excluding hydrogens is 452 g/mol. The molecule has 0 aliphatic heterocycles. The predicted octanol–water partition coefficient (Wildman–Crippen LogP) is 7.89. The molecule has 0 aromatic carbocycles. The molecule has 0 saturated carbocycles. The molecule has 0 amide bonds. The highest BCUT2D eigenvalue weighted by molar-refractivity contribution is 7.11. The standard InChI is InChI=1S/C8H14N2O.2C8H14N2S/c1-5(2)7-9-8(6(3)4)11-10-7;1-5(2)7-9-10-8(11-7)6(3)4;1-5(2)7-9-8(6(3)4)11-10-7/h3*5-6H,1-4H3. The van der Waals surface area contributed by atoms with Crippen molar-refractivity contribution in [1.82, 2.24) is 29.7 Å². The van der Waals surface area contributed by atoms with Crippen molar-refractivity contribution in [3.63, 3.8) is 0 Å². The normalized spacial score (nSPS) is 11.5. The number of aromatic nitrogens is 6. The molecule has 0 N–H and O–H groups in total. The SMILES string of the molecule is CC(C)c1nnc(C(C)C)s1.CC(C)c1noc(C(C)C)n1.CC(C)c1nsc(C(C)C)n1. The molecule has 0 fully saturated rings. The molecule has 186 valence electrons. The van der Waals surface area contributed by atoms with E-state index in [1.54, 1.807) is 11.3 Å². The summed E-state index contributed by atoms with van der Waals surface area (Å²) in [5, 5.41) is 15.5. The molecule has 0 spiro atoms. The van der Waals surface area contributed by atoms with Crippen LogP contribution < -0.4 is 0 Å². The summed E-state index contributed by atoms with van der Waals surface area (Å²) < 4.78 is 9.29. The van der Waals surface area contributed by atoms with Crippen LogP contribution in [0.15, 0.2) is 4.52 Å². The Balaban J connectivity index is 0.000000247. The zero-order chi connectivity index (χ0) is 25.3. The summed E-state index contributed by atoms with van der Waals surface area (Å²) in [7, 11) is 0. The van der Waals surface area contributed by atoms with Crippen molar-refractivity contribution >= 4 is 22.9 Å². The third kappa shape index (κ3) is 9.96. The van der Waals surface area contributed by atoms with E-state index in [-0.39, 0.29) is 0 Å². The van der Waals surface area contributed by atoms with Gasteiger partial charge in [-0.15, -0.1) is 21.5 Å². The Labute approximate surface area is 208 Å². The number of hydrogen-bond donors (Lipinski definition) is 0. The van der Waals surface area contributed by atoms with Crippen LogP contribution in [0.2, 0.25) is 0 Å². The average molecular weight is 495 g/mol. The van der Waals surface area contributed by atoms with Gasteiger partial charge in [0.05, 0.1) is 0 Å². The highest BCUT2D eigenvalue weighted by atomic mass is 32.1. The van der Waals surface area contributed by atoms with Crippen molar-refractivity contribution in [2.24, 2.45) is 0 Å². The molecule has 0 radical (unpaired) electrons. The Bertz CT molecular complexity index is 738. The van der Waals surface area contributed by atoms with Gasteiger partial charge in [0.2, 0.25) is 5.89 Å². The quantitative estimate of drug-likeness (QED) is 0.344. The molecule has 9 heteroatoms. The van der Waals surface area contributed by atoms with Crippen molar-refractivity contribution < 1.29 is 4.52 Å². The summed E-state index contributed by atoms with van der Waals surface area (Å²) in [5.74, 6) is 5.20. The fourth-order valence-corrected chi connectivity index (χ4v) is 3.78.